The van der Waals surface area contributed by atoms with E-state index in [9.17, 15) is 15.0 Å². The third kappa shape index (κ3) is 5.77. The number of carboxylic acid groups (broad SMARTS) is 1. The molecule has 0 saturated heterocycles. The van der Waals surface area contributed by atoms with Gasteiger partial charge in [0, 0.05) is 13.7 Å². The molecule has 0 rings (SSSR count). The summed E-state index contributed by atoms with van der Waals surface area (Å²) in [6, 6.07) is 0. The van der Waals surface area contributed by atoms with Gasteiger partial charge in [0.2, 0.25) is 0 Å². The van der Waals surface area contributed by atoms with Crippen LogP contribution in [0.2, 0.25) is 0 Å². The van der Waals surface area contributed by atoms with Gasteiger partial charge in [-0.3, -0.25) is 10.1 Å². The highest BCUT2D eigenvalue weighted by molar-refractivity contribution is 5.78. The van der Waals surface area contributed by atoms with Crippen molar-refractivity contribution < 1.29 is 24.5 Å². The van der Waals surface area contributed by atoms with Gasteiger partial charge in [-0.15, -0.1) is 0 Å². The van der Waals surface area contributed by atoms with Crippen molar-refractivity contribution >= 4 is 5.97 Å². The number of hydrogen-bond donors (Lipinski definition) is 3. The summed E-state index contributed by atoms with van der Waals surface area (Å²) < 4.78 is 9.97. The first-order chi connectivity index (χ1) is 8.52. The van der Waals surface area contributed by atoms with E-state index in [1.165, 1.54) is 0 Å². The van der Waals surface area contributed by atoms with E-state index in [0.717, 1.165) is 0 Å². The molecule has 0 aromatic rings. The maximum absolute atomic E-state index is 11.2. The van der Waals surface area contributed by atoms with Gasteiger partial charge in [-0.05, 0) is 12.8 Å². The Labute approximate surface area is 108 Å². The third-order valence-corrected chi connectivity index (χ3v) is 3.03. The molecule has 0 saturated carbocycles. The standard InChI is InChI=1S/C12H25NO5/c1-4-12(5-2,11(15)16)13-8-10(14)9-18-7-6-17-3/h10,13-14H,4-9H2,1-3H3,(H,15,16). The molecule has 3 N–H and O–H groups in total. The Balaban J connectivity index is 4.00. The number of rotatable bonds is 11. The minimum absolute atomic E-state index is 0.166. The van der Waals surface area contributed by atoms with Crippen molar-refractivity contribution in [1.82, 2.24) is 5.32 Å². The highest BCUT2D eigenvalue weighted by Crippen LogP contribution is 2.15. The molecule has 0 aliphatic carbocycles. The second-order valence-corrected chi connectivity index (χ2v) is 4.20. The van der Waals surface area contributed by atoms with Gasteiger partial charge in [0.05, 0.1) is 25.9 Å². The molecule has 0 aliphatic rings. The number of carbonyl (C=O) groups is 1. The average molecular weight is 263 g/mol. The molecule has 0 amide bonds. The monoisotopic (exact) mass is 263 g/mol. The Morgan fingerprint density at radius 1 is 1.33 bits per heavy atom. The van der Waals surface area contributed by atoms with Crippen molar-refractivity contribution in [2.24, 2.45) is 0 Å². The predicted octanol–water partition coefficient (Wildman–Crippen LogP) is 0.243. The molecule has 1 atom stereocenters. The summed E-state index contributed by atoms with van der Waals surface area (Å²) in [5, 5.41) is 21.8. The third-order valence-electron chi connectivity index (χ3n) is 3.03. The number of β-amino-alcohol motifs (C(OH)–C–C–N with tert-alkyl or cyclic N) is 1. The van der Waals surface area contributed by atoms with E-state index in [1.807, 2.05) is 13.8 Å². The summed E-state index contributed by atoms with van der Waals surface area (Å²) in [5.41, 5.74) is -0.965. The number of aliphatic hydroxyl groups is 1. The molecule has 1 unspecified atom stereocenters. The summed E-state index contributed by atoms with van der Waals surface area (Å²) in [4.78, 5) is 11.2. The average Bonchev–Trinajstić information content (AvgIpc) is 2.36. The number of hydrogen-bond acceptors (Lipinski definition) is 5. The summed E-state index contributed by atoms with van der Waals surface area (Å²) in [5.74, 6) is -0.889. The van der Waals surface area contributed by atoms with E-state index in [2.05, 4.69) is 5.32 Å². The van der Waals surface area contributed by atoms with Crippen molar-refractivity contribution in [3.8, 4) is 0 Å². The minimum atomic E-state index is -0.965. The zero-order valence-electron chi connectivity index (χ0n) is 11.4. The fourth-order valence-electron chi connectivity index (χ4n) is 1.61. The lowest BCUT2D eigenvalue weighted by molar-refractivity contribution is -0.145. The van der Waals surface area contributed by atoms with Gasteiger partial charge in [-0.1, -0.05) is 13.8 Å². The van der Waals surface area contributed by atoms with Crippen LogP contribution in [0.15, 0.2) is 0 Å². The van der Waals surface area contributed by atoms with Crippen LogP contribution in [0.1, 0.15) is 26.7 Å². The zero-order chi connectivity index (χ0) is 14.0. The number of carboxylic acids is 1. The summed E-state index contributed by atoms with van der Waals surface area (Å²) in [7, 11) is 1.57. The van der Waals surface area contributed by atoms with Gasteiger partial charge in [-0.2, -0.15) is 0 Å². The number of aliphatic hydroxyl groups excluding tert-OH is 1. The van der Waals surface area contributed by atoms with Crippen molar-refractivity contribution in [3.05, 3.63) is 0 Å². The predicted molar refractivity (Wildman–Crippen MR) is 67.7 cm³/mol. The first-order valence-electron chi connectivity index (χ1n) is 6.25. The molecule has 0 aliphatic heterocycles. The van der Waals surface area contributed by atoms with E-state index in [4.69, 9.17) is 9.47 Å². The highest BCUT2D eigenvalue weighted by Gasteiger charge is 2.34. The Bertz CT molecular complexity index is 231. The highest BCUT2D eigenvalue weighted by atomic mass is 16.5. The maximum Gasteiger partial charge on any atom is 0.323 e. The molecule has 0 heterocycles. The van der Waals surface area contributed by atoms with E-state index in [-0.39, 0.29) is 13.2 Å². The second kappa shape index (κ2) is 9.27. The van der Waals surface area contributed by atoms with E-state index in [1.54, 1.807) is 7.11 Å². The summed E-state index contributed by atoms with van der Waals surface area (Å²) in [6.45, 7) is 4.88. The summed E-state index contributed by atoms with van der Waals surface area (Å²) >= 11 is 0. The van der Waals surface area contributed by atoms with Crippen LogP contribution < -0.4 is 5.32 Å². The van der Waals surface area contributed by atoms with Gasteiger partial charge < -0.3 is 19.7 Å². The Morgan fingerprint density at radius 3 is 2.39 bits per heavy atom. The summed E-state index contributed by atoms with van der Waals surface area (Å²) in [6.07, 6.45) is 0.213. The molecular weight excluding hydrogens is 238 g/mol. The Kier molecular flexibility index (Phi) is 8.91. The van der Waals surface area contributed by atoms with Gasteiger partial charge in [0.15, 0.2) is 0 Å². The fourth-order valence-corrected chi connectivity index (χ4v) is 1.61. The zero-order valence-corrected chi connectivity index (χ0v) is 11.4. The first kappa shape index (κ1) is 17.3. The molecule has 0 bridgehead atoms. The smallest absolute Gasteiger partial charge is 0.323 e. The lowest BCUT2D eigenvalue weighted by atomic mass is 9.93. The number of methoxy groups -OCH3 is 1. The van der Waals surface area contributed by atoms with E-state index < -0.39 is 17.6 Å². The first-order valence-corrected chi connectivity index (χ1v) is 6.25. The van der Waals surface area contributed by atoms with Crippen molar-refractivity contribution in [1.29, 1.82) is 0 Å². The maximum atomic E-state index is 11.2. The number of ether oxygens (including phenoxy) is 2. The molecular formula is C12H25NO5. The minimum Gasteiger partial charge on any atom is -0.480 e. The molecule has 0 fully saturated rings. The Hall–Kier alpha value is -0.690. The molecule has 6 nitrogen and oxygen atoms in total. The van der Waals surface area contributed by atoms with Gasteiger partial charge in [0.1, 0.15) is 5.54 Å². The normalized spacial score (nSPS) is 13.6. The van der Waals surface area contributed by atoms with Crippen molar-refractivity contribution in [2.45, 2.75) is 38.3 Å². The van der Waals surface area contributed by atoms with Crippen LogP contribution in [0.25, 0.3) is 0 Å². The molecule has 0 aromatic carbocycles. The molecule has 0 spiro atoms. The van der Waals surface area contributed by atoms with Crippen LogP contribution in [0.3, 0.4) is 0 Å². The number of nitrogens with one attached hydrogen (secondary N) is 1. The van der Waals surface area contributed by atoms with Crippen molar-refractivity contribution in [3.63, 3.8) is 0 Å². The van der Waals surface area contributed by atoms with Crippen LogP contribution in [-0.2, 0) is 14.3 Å². The van der Waals surface area contributed by atoms with Crippen LogP contribution in [0, 0.1) is 0 Å². The molecule has 18 heavy (non-hydrogen) atoms. The largest absolute Gasteiger partial charge is 0.480 e. The quantitative estimate of drug-likeness (QED) is 0.463. The van der Waals surface area contributed by atoms with Crippen LogP contribution in [0.5, 0.6) is 0 Å². The molecule has 108 valence electrons. The van der Waals surface area contributed by atoms with E-state index >= 15 is 0 Å². The van der Waals surface area contributed by atoms with Gasteiger partial charge >= 0.3 is 5.97 Å². The molecule has 0 radical (unpaired) electrons. The van der Waals surface area contributed by atoms with Crippen LogP contribution >= 0.6 is 0 Å². The second-order valence-electron chi connectivity index (χ2n) is 4.20. The molecule has 6 heteroatoms. The van der Waals surface area contributed by atoms with Crippen molar-refractivity contribution in [2.75, 3.05) is 33.5 Å². The molecule has 0 aromatic heterocycles. The van der Waals surface area contributed by atoms with Gasteiger partial charge in [-0.25, -0.2) is 0 Å². The fraction of sp³-hybridized carbons (Fsp3) is 0.917. The lowest BCUT2D eigenvalue weighted by Gasteiger charge is -2.29. The topological polar surface area (TPSA) is 88.0 Å². The lowest BCUT2D eigenvalue weighted by Crippen LogP contribution is -2.53. The van der Waals surface area contributed by atoms with Crippen LogP contribution in [0.4, 0.5) is 0 Å². The Morgan fingerprint density at radius 2 is 1.94 bits per heavy atom. The van der Waals surface area contributed by atoms with Crippen LogP contribution in [-0.4, -0.2) is 61.3 Å². The number of aliphatic carboxylic acids is 1. The SMILES string of the molecule is CCC(CC)(NCC(O)COCCOC)C(=O)O. The van der Waals surface area contributed by atoms with E-state index in [0.29, 0.717) is 26.1 Å². The van der Waals surface area contributed by atoms with Gasteiger partial charge in [0.25, 0.3) is 0 Å².